The number of esters is 1. The number of hydrogen-bond donors (Lipinski definition) is 0. The van der Waals surface area contributed by atoms with E-state index < -0.39 is 17.4 Å². The molecule has 0 unspecified atom stereocenters. The van der Waals surface area contributed by atoms with Crippen LogP contribution in [-0.2, 0) is 19.1 Å². The van der Waals surface area contributed by atoms with Crippen molar-refractivity contribution in [2.24, 2.45) is 11.8 Å². The number of carbonyl (C=O) groups excluding carboxylic acids is 2. The van der Waals surface area contributed by atoms with Crippen molar-refractivity contribution in [2.75, 3.05) is 13.2 Å². The quantitative estimate of drug-likeness (QED) is 0.628. The van der Waals surface area contributed by atoms with Gasteiger partial charge in [-0.2, -0.15) is 0 Å². The van der Waals surface area contributed by atoms with Gasteiger partial charge in [0, 0.05) is 0 Å². The Bertz CT molecular complexity index is 701. The van der Waals surface area contributed by atoms with Crippen LogP contribution in [0.5, 0.6) is 0 Å². The van der Waals surface area contributed by atoms with Gasteiger partial charge >= 0.3 is 5.97 Å². The third kappa shape index (κ3) is 2.04. The van der Waals surface area contributed by atoms with Crippen molar-refractivity contribution in [3.8, 4) is 0 Å². The number of carbonyl (C=O) groups is 2. The van der Waals surface area contributed by atoms with Crippen LogP contribution in [0.15, 0.2) is 42.5 Å². The first-order valence-electron chi connectivity index (χ1n) is 8.46. The van der Waals surface area contributed by atoms with E-state index in [2.05, 4.69) is 0 Å². The number of rotatable bonds is 4. The van der Waals surface area contributed by atoms with E-state index in [1.165, 1.54) is 0 Å². The van der Waals surface area contributed by atoms with Crippen molar-refractivity contribution in [3.63, 3.8) is 0 Å². The lowest BCUT2D eigenvalue weighted by Gasteiger charge is -2.27. The van der Waals surface area contributed by atoms with Crippen molar-refractivity contribution >= 4 is 11.9 Å². The lowest BCUT2D eigenvalue weighted by Crippen LogP contribution is -2.40. The Morgan fingerprint density at radius 3 is 2.88 bits per heavy atom. The van der Waals surface area contributed by atoms with Crippen LogP contribution in [0.1, 0.15) is 25.5 Å². The van der Waals surface area contributed by atoms with Gasteiger partial charge in [-0.1, -0.05) is 42.5 Å². The minimum atomic E-state index is -0.678. The summed E-state index contributed by atoms with van der Waals surface area (Å²) in [7, 11) is 0. The first-order valence-corrected chi connectivity index (χ1v) is 8.46. The van der Waals surface area contributed by atoms with E-state index in [-0.39, 0.29) is 24.0 Å². The van der Waals surface area contributed by atoms with Crippen LogP contribution in [0.3, 0.4) is 0 Å². The van der Waals surface area contributed by atoms with Crippen LogP contribution in [0.2, 0.25) is 0 Å². The Labute approximate surface area is 141 Å². The Morgan fingerprint density at radius 1 is 1.42 bits per heavy atom. The molecule has 126 valence electrons. The van der Waals surface area contributed by atoms with Gasteiger partial charge in [-0.3, -0.25) is 9.59 Å². The molecule has 3 aliphatic heterocycles. The summed E-state index contributed by atoms with van der Waals surface area (Å²) in [4.78, 5) is 27.3. The molecule has 5 atom stereocenters. The van der Waals surface area contributed by atoms with Gasteiger partial charge in [0.15, 0.2) is 0 Å². The second-order valence-electron chi connectivity index (χ2n) is 6.70. The second kappa shape index (κ2) is 5.45. The molecule has 0 aliphatic carbocycles. The van der Waals surface area contributed by atoms with Gasteiger partial charge in [0.25, 0.3) is 0 Å². The van der Waals surface area contributed by atoms with Crippen molar-refractivity contribution < 1.29 is 19.1 Å². The monoisotopic (exact) mass is 327 g/mol. The second-order valence-corrected chi connectivity index (χ2v) is 6.70. The molecule has 4 rings (SSSR count). The molecule has 3 heterocycles. The summed E-state index contributed by atoms with van der Waals surface area (Å²) in [5.74, 6) is -1.36. The number of likely N-dealkylation sites (tertiary alicyclic amines) is 1. The predicted molar refractivity (Wildman–Crippen MR) is 86.9 cm³/mol. The highest BCUT2D eigenvalue weighted by molar-refractivity contribution is 5.91. The molecule has 0 radical (unpaired) electrons. The highest BCUT2D eigenvalue weighted by atomic mass is 16.6. The zero-order chi connectivity index (χ0) is 16.9. The van der Waals surface area contributed by atoms with Gasteiger partial charge in [-0.25, -0.2) is 0 Å². The number of fused-ring (bicyclic) bond motifs is 1. The van der Waals surface area contributed by atoms with Gasteiger partial charge in [-0.05, 0) is 19.4 Å². The van der Waals surface area contributed by atoms with Crippen LogP contribution < -0.4 is 0 Å². The molecule has 1 aromatic rings. The molecule has 0 aromatic heterocycles. The molecule has 3 aliphatic rings. The lowest BCUT2D eigenvalue weighted by molar-refractivity contribution is -0.153. The van der Waals surface area contributed by atoms with Crippen LogP contribution >= 0.6 is 0 Å². The third-order valence-electron chi connectivity index (χ3n) is 5.44. The smallest absolute Gasteiger partial charge is 0.312 e. The highest BCUT2D eigenvalue weighted by Crippen LogP contribution is 2.53. The van der Waals surface area contributed by atoms with E-state index in [4.69, 9.17) is 9.47 Å². The number of amides is 1. The van der Waals surface area contributed by atoms with Crippen LogP contribution in [0, 0.1) is 11.8 Å². The molecule has 1 aromatic carbocycles. The molecule has 1 amide bonds. The zero-order valence-electron chi connectivity index (χ0n) is 13.8. The minimum absolute atomic E-state index is 0.0174. The predicted octanol–water partition coefficient (Wildman–Crippen LogP) is 2.09. The highest BCUT2D eigenvalue weighted by Gasteiger charge is 2.67. The fourth-order valence-electron chi connectivity index (χ4n) is 4.27. The van der Waals surface area contributed by atoms with Crippen LogP contribution in [0.25, 0.3) is 0 Å². The Morgan fingerprint density at radius 2 is 2.17 bits per heavy atom. The molecular formula is C19H21NO4. The number of benzene rings is 1. The zero-order valence-corrected chi connectivity index (χ0v) is 13.8. The maximum Gasteiger partial charge on any atom is 0.312 e. The molecular weight excluding hydrogens is 306 g/mol. The lowest BCUT2D eigenvalue weighted by atomic mass is 9.77. The summed E-state index contributed by atoms with van der Waals surface area (Å²) in [6.07, 6.45) is 3.53. The van der Waals surface area contributed by atoms with Crippen molar-refractivity contribution in [1.29, 1.82) is 0 Å². The summed E-state index contributed by atoms with van der Waals surface area (Å²) >= 11 is 0. The van der Waals surface area contributed by atoms with E-state index in [9.17, 15) is 9.59 Å². The summed E-state index contributed by atoms with van der Waals surface area (Å²) in [5.41, 5.74) is 0.399. The standard InChI is InChI=1S/C19H21NO4/c1-3-23-18(22)15-14-9-10-19(24-14)11-20(17(21)16(15)19)12(2)13-7-5-4-6-8-13/h4-10,12,14-16H,3,11H2,1-2H3/t12-,14-,15+,16-,19+/m1/s1. The number of ether oxygens (including phenoxy) is 2. The summed E-state index contributed by atoms with van der Waals surface area (Å²) in [6.45, 7) is 4.58. The van der Waals surface area contributed by atoms with E-state index in [0.717, 1.165) is 5.56 Å². The van der Waals surface area contributed by atoms with Crippen LogP contribution in [0.4, 0.5) is 0 Å². The normalized spacial score (nSPS) is 34.5. The van der Waals surface area contributed by atoms with Crippen molar-refractivity contribution in [3.05, 3.63) is 48.0 Å². The maximum atomic E-state index is 13.1. The molecule has 24 heavy (non-hydrogen) atoms. The van der Waals surface area contributed by atoms with E-state index in [0.29, 0.717) is 13.2 Å². The van der Waals surface area contributed by atoms with E-state index >= 15 is 0 Å². The van der Waals surface area contributed by atoms with Gasteiger partial charge in [-0.15, -0.1) is 0 Å². The van der Waals surface area contributed by atoms with Gasteiger partial charge in [0.1, 0.15) is 11.5 Å². The minimum Gasteiger partial charge on any atom is -0.466 e. The van der Waals surface area contributed by atoms with E-state index in [1.54, 1.807) is 6.92 Å². The van der Waals surface area contributed by atoms with Gasteiger partial charge in [0.2, 0.25) is 5.91 Å². The topological polar surface area (TPSA) is 55.8 Å². The largest absolute Gasteiger partial charge is 0.466 e. The number of hydrogen-bond acceptors (Lipinski definition) is 4. The fraction of sp³-hybridized carbons (Fsp3) is 0.474. The fourth-order valence-corrected chi connectivity index (χ4v) is 4.27. The maximum absolute atomic E-state index is 13.1. The molecule has 0 saturated carbocycles. The van der Waals surface area contributed by atoms with Gasteiger partial charge in [0.05, 0.1) is 31.2 Å². The molecule has 2 bridgehead atoms. The first kappa shape index (κ1) is 15.4. The molecule has 2 fully saturated rings. The van der Waals surface area contributed by atoms with Crippen molar-refractivity contribution in [1.82, 2.24) is 4.90 Å². The van der Waals surface area contributed by atoms with Crippen molar-refractivity contribution in [2.45, 2.75) is 31.6 Å². The molecule has 5 heteroatoms. The first-order chi connectivity index (χ1) is 11.6. The Balaban J connectivity index is 1.64. The average Bonchev–Trinajstić information content (AvgIpc) is 3.23. The Hall–Kier alpha value is -2.14. The summed E-state index contributed by atoms with van der Waals surface area (Å²) < 4.78 is 11.3. The molecule has 2 saturated heterocycles. The third-order valence-corrected chi connectivity index (χ3v) is 5.44. The SMILES string of the molecule is CCOC(=O)[C@H]1[C@H]2C=C[C@@]3(CN([C@H](C)c4ccccc4)C(=O)[C@@H]13)O2. The van der Waals surface area contributed by atoms with Gasteiger partial charge < -0.3 is 14.4 Å². The summed E-state index contributed by atoms with van der Waals surface area (Å²) in [6, 6.07) is 9.86. The summed E-state index contributed by atoms with van der Waals surface area (Å²) in [5, 5.41) is 0. The average molecular weight is 327 g/mol. The number of nitrogens with zero attached hydrogens (tertiary/aromatic N) is 1. The molecule has 1 spiro atoms. The molecule has 5 nitrogen and oxygen atoms in total. The van der Waals surface area contributed by atoms with E-state index in [1.807, 2.05) is 54.3 Å². The Kier molecular flexibility index (Phi) is 3.49. The van der Waals surface area contributed by atoms with Crippen LogP contribution in [-0.4, -0.2) is 41.6 Å². The molecule has 0 N–H and O–H groups in total.